The molecule has 20 heavy (non-hydrogen) atoms. The number of aliphatic hydroxyl groups excluding tert-OH is 1. The molecule has 1 aliphatic heterocycles. The molecule has 2 fully saturated rings. The van der Waals surface area contributed by atoms with E-state index in [0.29, 0.717) is 0 Å². The molecule has 1 saturated carbocycles. The molecule has 0 bridgehead atoms. The van der Waals surface area contributed by atoms with Crippen LogP contribution in [0.25, 0.3) is 0 Å². The molecule has 1 spiro atoms. The molecule has 1 saturated heterocycles. The number of benzene rings is 1. The molecule has 1 aromatic rings. The van der Waals surface area contributed by atoms with E-state index >= 15 is 0 Å². The maximum Gasteiger partial charge on any atom is 0.135 e. The third kappa shape index (κ3) is 2.82. The van der Waals surface area contributed by atoms with E-state index in [4.69, 9.17) is 14.6 Å². The molecule has 1 unspecified atom stereocenters. The molecule has 1 aromatic carbocycles. The van der Waals surface area contributed by atoms with Crippen molar-refractivity contribution in [1.29, 1.82) is 0 Å². The Bertz CT molecular complexity index is 523. The van der Waals surface area contributed by atoms with E-state index in [1.807, 2.05) is 24.3 Å². The minimum absolute atomic E-state index is 0.0919. The molecule has 0 aromatic heterocycles. The van der Waals surface area contributed by atoms with Crippen molar-refractivity contribution in [3.8, 4) is 17.6 Å². The van der Waals surface area contributed by atoms with Crippen LogP contribution in [0.1, 0.15) is 37.7 Å². The Balaban J connectivity index is 1.71. The van der Waals surface area contributed by atoms with E-state index in [0.717, 1.165) is 30.8 Å². The number of aliphatic hydroxyl groups is 1. The van der Waals surface area contributed by atoms with Gasteiger partial charge >= 0.3 is 0 Å². The molecule has 3 rings (SSSR count). The summed E-state index contributed by atoms with van der Waals surface area (Å²) in [7, 11) is 0. The van der Waals surface area contributed by atoms with Gasteiger partial charge in [-0.1, -0.05) is 24.0 Å². The smallest absolute Gasteiger partial charge is 0.135 e. The van der Waals surface area contributed by atoms with Gasteiger partial charge in [0.1, 0.15) is 18.5 Å². The molecule has 1 aliphatic carbocycles. The van der Waals surface area contributed by atoms with Crippen LogP contribution >= 0.6 is 0 Å². The number of rotatable bonds is 2. The topological polar surface area (TPSA) is 38.7 Å². The van der Waals surface area contributed by atoms with Gasteiger partial charge in [-0.15, -0.1) is 0 Å². The second-order valence-electron chi connectivity index (χ2n) is 5.57. The molecule has 1 heterocycles. The van der Waals surface area contributed by atoms with Crippen LogP contribution in [0, 0.1) is 11.8 Å². The van der Waals surface area contributed by atoms with E-state index in [-0.39, 0.29) is 18.3 Å². The summed E-state index contributed by atoms with van der Waals surface area (Å²) in [6, 6.07) is 7.77. The van der Waals surface area contributed by atoms with Crippen molar-refractivity contribution in [3.63, 3.8) is 0 Å². The first-order valence-electron chi connectivity index (χ1n) is 7.31. The minimum atomic E-state index is -0.130. The lowest BCUT2D eigenvalue weighted by Gasteiger charge is -2.46. The van der Waals surface area contributed by atoms with Gasteiger partial charge in [0.25, 0.3) is 0 Å². The lowest BCUT2D eigenvalue weighted by atomic mass is 9.74. The van der Waals surface area contributed by atoms with Gasteiger partial charge in [-0.25, -0.2) is 0 Å². The van der Waals surface area contributed by atoms with Crippen molar-refractivity contribution in [3.05, 3.63) is 29.8 Å². The van der Waals surface area contributed by atoms with Crippen LogP contribution < -0.4 is 4.74 Å². The van der Waals surface area contributed by atoms with Crippen molar-refractivity contribution in [1.82, 2.24) is 0 Å². The van der Waals surface area contributed by atoms with E-state index in [9.17, 15) is 0 Å². The van der Waals surface area contributed by atoms with Gasteiger partial charge in [-0.05, 0) is 31.4 Å². The maximum absolute atomic E-state index is 8.82. The van der Waals surface area contributed by atoms with E-state index in [2.05, 4.69) is 11.8 Å². The second-order valence-corrected chi connectivity index (χ2v) is 5.57. The van der Waals surface area contributed by atoms with Crippen LogP contribution in [0.2, 0.25) is 0 Å². The van der Waals surface area contributed by atoms with Gasteiger partial charge in [-0.2, -0.15) is 0 Å². The predicted octanol–water partition coefficient (Wildman–Crippen LogP) is 2.51. The first-order valence-corrected chi connectivity index (χ1v) is 7.31. The summed E-state index contributed by atoms with van der Waals surface area (Å²) in [6.07, 6.45) is 5.72. The molecule has 1 atom stereocenters. The lowest BCUT2D eigenvalue weighted by Crippen LogP contribution is -2.48. The van der Waals surface area contributed by atoms with Crippen molar-refractivity contribution >= 4 is 0 Å². The fraction of sp³-hybridized carbons (Fsp3) is 0.529. The number of hydrogen-bond donors (Lipinski definition) is 1. The molecular formula is C17H20O3. The predicted molar refractivity (Wildman–Crippen MR) is 76.6 cm³/mol. The molecule has 106 valence electrons. The van der Waals surface area contributed by atoms with Crippen molar-refractivity contribution in [2.75, 3.05) is 13.2 Å². The second kappa shape index (κ2) is 5.87. The van der Waals surface area contributed by atoms with Crippen LogP contribution in [-0.2, 0) is 4.74 Å². The van der Waals surface area contributed by atoms with Gasteiger partial charge in [0.05, 0.1) is 17.8 Å². The monoisotopic (exact) mass is 272 g/mol. The van der Waals surface area contributed by atoms with Crippen LogP contribution in [-0.4, -0.2) is 30.0 Å². The molecule has 0 radical (unpaired) electrons. The molecule has 3 heteroatoms. The van der Waals surface area contributed by atoms with Gasteiger partial charge in [0, 0.05) is 12.8 Å². The summed E-state index contributed by atoms with van der Waals surface area (Å²) in [5, 5.41) is 8.82. The zero-order chi connectivity index (χ0) is 13.8. The summed E-state index contributed by atoms with van der Waals surface area (Å²) >= 11 is 0. The average molecular weight is 272 g/mol. The Hall–Kier alpha value is -1.50. The quantitative estimate of drug-likeness (QED) is 0.841. The SMILES string of the molecule is OCC#Cc1ccccc1OC1CCOC2(CCC2)C1. The van der Waals surface area contributed by atoms with E-state index < -0.39 is 0 Å². The maximum atomic E-state index is 8.82. The Morgan fingerprint density at radius 1 is 1.35 bits per heavy atom. The van der Waals surface area contributed by atoms with Gasteiger partial charge in [0.15, 0.2) is 0 Å². The Labute approximate surface area is 119 Å². The highest BCUT2D eigenvalue weighted by atomic mass is 16.5. The van der Waals surface area contributed by atoms with E-state index in [1.165, 1.54) is 19.3 Å². The summed E-state index contributed by atoms with van der Waals surface area (Å²) in [5.74, 6) is 6.44. The van der Waals surface area contributed by atoms with Crippen LogP contribution in [0.3, 0.4) is 0 Å². The molecule has 2 aliphatic rings. The minimum Gasteiger partial charge on any atom is -0.489 e. The summed E-state index contributed by atoms with van der Waals surface area (Å²) in [4.78, 5) is 0. The highest BCUT2D eigenvalue weighted by Crippen LogP contribution is 2.43. The third-order valence-electron chi connectivity index (χ3n) is 4.20. The number of para-hydroxylation sites is 1. The first-order chi connectivity index (χ1) is 9.81. The Morgan fingerprint density at radius 3 is 2.95 bits per heavy atom. The number of hydrogen-bond acceptors (Lipinski definition) is 3. The molecule has 3 nitrogen and oxygen atoms in total. The fourth-order valence-electron chi connectivity index (χ4n) is 2.99. The number of ether oxygens (including phenoxy) is 2. The standard InChI is InChI=1S/C17H20O3/c18-11-3-6-14-5-1-2-7-16(14)20-15-8-12-19-17(13-15)9-4-10-17/h1-2,5,7,15,18H,4,8-13H2. The molecular weight excluding hydrogens is 252 g/mol. The van der Waals surface area contributed by atoms with Crippen molar-refractivity contribution in [2.45, 2.75) is 43.8 Å². The summed E-state index contributed by atoms with van der Waals surface area (Å²) < 4.78 is 12.1. The summed E-state index contributed by atoms with van der Waals surface area (Å²) in [6.45, 7) is 0.657. The van der Waals surface area contributed by atoms with Gasteiger partial charge < -0.3 is 14.6 Å². The van der Waals surface area contributed by atoms with Gasteiger partial charge in [0.2, 0.25) is 0 Å². The third-order valence-corrected chi connectivity index (χ3v) is 4.20. The molecule has 1 N–H and O–H groups in total. The molecule has 0 amide bonds. The van der Waals surface area contributed by atoms with Crippen LogP contribution in [0.5, 0.6) is 5.75 Å². The van der Waals surface area contributed by atoms with Gasteiger partial charge in [-0.3, -0.25) is 0 Å². The average Bonchev–Trinajstić information content (AvgIpc) is 2.45. The Kier molecular flexibility index (Phi) is 3.95. The fourth-order valence-corrected chi connectivity index (χ4v) is 2.99. The highest BCUT2D eigenvalue weighted by molar-refractivity contribution is 5.46. The zero-order valence-corrected chi connectivity index (χ0v) is 11.6. The highest BCUT2D eigenvalue weighted by Gasteiger charge is 2.43. The largest absolute Gasteiger partial charge is 0.489 e. The Morgan fingerprint density at radius 2 is 2.20 bits per heavy atom. The van der Waals surface area contributed by atoms with E-state index in [1.54, 1.807) is 0 Å². The zero-order valence-electron chi connectivity index (χ0n) is 11.6. The normalized spacial score (nSPS) is 23.6. The lowest BCUT2D eigenvalue weighted by molar-refractivity contribution is -0.153. The van der Waals surface area contributed by atoms with Crippen LogP contribution in [0.15, 0.2) is 24.3 Å². The summed E-state index contributed by atoms with van der Waals surface area (Å²) in [5.41, 5.74) is 0.935. The first kappa shape index (κ1) is 13.5. The van der Waals surface area contributed by atoms with Crippen molar-refractivity contribution in [2.24, 2.45) is 0 Å². The van der Waals surface area contributed by atoms with Crippen molar-refractivity contribution < 1.29 is 14.6 Å². The van der Waals surface area contributed by atoms with Crippen LogP contribution in [0.4, 0.5) is 0 Å².